The van der Waals surface area contributed by atoms with Crippen molar-refractivity contribution >= 4 is 32.7 Å². The van der Waals surface area contributed by atoms with Crippen LogP contribution in [0.15, 0.2) is 39.9 Å². The Labute approximate surface area is 109 Å². The van der Waals surface area contributed by atoms with Gasteiger partial charge in [0.1, 0.15) is 9.96 Å². The predicted molar refractivity (Wildman–Crippen MR) is 72.4 cm³/mol. The highest BCUT2D eigenvalue weighted by Crippen LogP contribution is 2.29. The fourth-order valence-corrected chi connectivity index (χ4v) is 3.86. The van der Waals surface area contributed by atoms with E-state index >= 15 is 0 Å². The molecule has 1 heterocycles. The van der Waals surface area contributed by atoms with Gasteiger partial charge in [-0.25, -0.2) is 8.42 Å². The lowest BCUT2D eigenvalue weighted by atomic mass is 10.3. The van der Waals surface area contributed by atoms with Crippen molar-refractivity contribution in [3.8, 4) is 5.75 Å². The summed E-state index contributed by atoms with van der Waals surface area (Å²) in [6, 6.07) is 7.47. The van der Waals surface area contributed by atoms with Gasteiger partial charge in [-0.3, -0.25) is 4.31 Å². The number of rotatable bonds is 3. The molecular weight excluding hydrogens is 272 g/mol. The van der Waals surface area contributed by atoms with Crippen LogP contribution in [0.5, 0.6) is 5.75 Å². The minimum Gasteiger partial charge on any atom is -0.508 e. The molecule has 0 aliphatic rings. The van der Waals surface area contributed by atoms with E-state index in [1.54, 1.807) is 17.5 Å². The fraction of sp³-hybridized carbons (Fsp3) is 0.0909. The Morgan fingerprint density at radius 3 is 2.61 bits per heavy atom. The zero-order chi connectivity index (χ0) is 13.3. The number of nitrogen functional groups attached to an aromatic ring is 1. The van der Waals surface area contributed by atoms with Crippen molar-refractivity contribution in [1.82, 2.24) is 0 Å². The highest BCUT2D eigenvalue weighted by Gasteiger charge is 2.23. The molecule has 0 amide bonds. The van der Waals surface area contributed by atoms with E-state index in [0.29, 0.717) is 11.4 Å². The van der Waals surface area contributed by atoms with Gasteiger partial charge >= 0.3 is 0 Å². The Morgan fingerprint density at radius 2 is 2.06 bits per heavy atom. The van der Waals surface area contributed by atoms with Crippen molar-refractivity contribution < 1.29 is 13.5 Å². The van der Waals surface area contributed by atoms with Crippen molar-refractivity contribution in [2.24, 2.45) is 0 Å². The molecule has 0 atom stereocenters. The van der Waals surface area contributed by atoms with Gasteiger partial charge in [-0.05, 0) is 18.2 Å². The second-order valence-electron chi connectivity index (χ2n) is 3.69. The number of aromatic hydroxyl groups is 1. The summed E-state index contributed by atoms with van der Waals surface area (Å²) < 4.78 is 25.8. The molecule has 2 rings (SSSR count). The van der Waals surface area contributed by atoms with Gasteiger partial charge in [-0.2, -0.15) is 0 Å². The lowest BCUT2D eigenvalue weighted by molar-refractivity contribution is 0.475. The van der Waals surface area contributed by atoms with Crippen LogP contribution in [0.3, 0.4) is 0 Å². The minimum atomic E-state index is -3.63. The van der Waals surface area contributed by atoms with E-state index in [2.05, 4.69) is 0 Å². The molecule has 0 aliphatic carbocycles. The largest absolute Gasteiger partial charge is 0.508 e. The normalized spacial score (nSPS) is 11.4. The van der Waals surface area contributed by atoms with Gasteiger partial charge in [0.2, 0.25) is 0 Å². The van der Waals surface area contributed by atoms with E-state index in [-0.39, 0.29) is 9.96 Å². The van der Waals surface area contributed by atoms with Crippen LogP contribution >= 0.6 is 11.3 Å². The molecule has 0 unspecified atom stereocenters. The van der Waals surface area contributed by atoms with E-state index in [1.165, 1.54) is 25.2 Å². The third kappa shape index (κ3) is 2.27. The summed E-state index contributed by atoms with van der Waals surface area (Å²) in [4.78, 5) is 0. The van der Waals surface area contributed by atoms with Gasteiger partial charge in [0.15, 0.2) is 0 Å². The summed E-state index contributed by atoms with van der Waals surface area (Å²) in [7, 11) is -2.20. The monoisotopic (exact) mass is 284 g/mol. The summed E-state index contributed by atoms with van der Waals surface area (Å²) in [5.41, 5.74) is 6.34. The maximum absolute atomic E-state index is 12.3. The second-order valence-corrected chi connectivity index (χ2v) is 6.80. The van der Waals surface area contributed by atoms with Gasteiger partial charge in [-0.15, -0.1) is 11.3 Å². The molecule has 0 aliphatic heterocycles. The first-order valence-electron chi connectivity index (χ1n) is 5.03. The molecule has 0 spiro atoms. The molecule has 0 saturated carbocycles. The molecule has 1 aromatic carbocycles. The minimum absolute atomic E-state index is 0.0141. The van der Waals surface area contributed by atoms with Gasteiger partial charge in [0.25, 0.3) is 10.0 Å². The molecule has 5 nitrogen and oxygen atoms in total. The molecule has 0 radical (unpaired) electrons. The van der Waals surface area contributed by atoms with Crippen molar-refractivity contribution in [3.63, 3.8) is 0 Å². The zero-order valence-electron chi connectivity index (χ0n) is 9.57. The van der Waals surface area contributed by atoms with E-state index in [4.69, 9.17) is 5.73 Å². The fourth-order valence-electron chi connectivity index (χ4n) is 1.43. The number of thiophene rings is 1. The Hall–Kier alpha value is -1.73. The molecule has 1 aromatic heterocycles. The van der Waals surface area contributed by atoms with Gasteiger partial charge in [0.05, 0.1) is 5.69 Å². The molecule has 0 bridgehead atoms. The Morgan fingerprint density at radius 1 is 1.33 bits per heavy atom. The van der Waals surface area contributed by atoms with Crippen LogP contribution in [-0.2, 0) is 10.0 Å². The van der Waals surface area contributed by atoms with E-state index < -0.39 is 10.0 Å². The summed E-state index contributed by atoms with van der Waals surface area (Å²) in [5.74, 6) is 0.0141. The molecule has 3 N–H and O–H groups in total. The van der Waals surface area contributed by atoms with E-state index in [0.717, 1.165) is 15.6 Å². The van der Waals surface area contributed by atoms with Crippen LogP contribution < -0.4 is 10.0 Å². The van der Waals surface area contributed by atoms with E-state index in [9.17, 15) is 13.5 Å². The number of benzene rings is 1. The Kier molecular flexibility index (Phi) is 3.18. The molecular formula is C11H12N2O3S2. The first-order valence-corrected chi connectivity index (χ1v) is 7.35. The molecule has 18 heavy (non-hydrogen) atoms. The van der Waals surface area contributed by atoms with Crippen LogP contribution in [0.2, 0.25) is 0 Å². The smallest absolute Gasteiger partial charge is 0.273 e. The maximum atomic E-state index is 12.3. The number of hydrogen-bond donors (Lipinski definition) is 2. The molecule has 0 fully saturated rings. The van der Waals surface area contributed by atoms with Crippen molar-refractivity contribution in [1.29, 1.82) is 0 Å². The number of nitrogens with zero attached hydrogens (tertiary/aromatic N) is 1. The van der Waals surface area contributed by atoms with Gasteiger partial charge in [-0.1, -0.05) is 6.07 Å². The SMILES string of the molecule is CN(c1cccc(O)c1)S(=O)(=O)c1cc(N)cs1. The van der Waals surface area contributed by atoms with Crippen molar-refractivity contribution in [3.05, 3.63) is 35.7 Å². The first-order chi connectivity index (χ1) is 8.41. The number of anilines is 2. The van der Waals surface area contributed by atoms with E-state index in [1.807, 2.05) is 0 Å². The standard InChI is InChI=1S/C11H12N2O3S2/c1-13(9-3-2-4-10(14)6-9)18(15,16)11-5-8(12)7-17-11/h2-7,14H,12H2,1H3. The van der Waals surface area contributed by atoms with Crippen LogP contribution in [0.25, 0.3) is 0 Å². The average Bonchev–Trinajstić information content (AvgIpc) is 2.75. The van der Waals surface area contributed by atoms with Crippen LogP contribution in [0.1, 0.15) is 0 Å². The average molecular weight is 284 g/mol. The number of sulfonamides is 1. The summed E-state index contributed by atoms with van der Waals surface area (Å²) in [5, 5.41) is 10.9. The lowest BCUT2D eigenvalue weighted by Gasteiger charge is -2.18. The Bertz CT molecular complexity index is 664. The highest BCUT2D eigenvalue weighted by atomic mass is 32.2. The van der Waals surface area contributed by atoms with Gasteiger partial charge < -0.3 is 10.8 Å². The predicted octanol–water partition coefficient (Wildman–Crippen LogP) is 1.86. The van der Waals surface area contributed by atoms with Crippen molar-refractivity contribution in [2.45, 2.75) is 4.21 Å². The lowest BCUT2D eigenvalue weighted by Crippen LogP contribution is -2.25. The summed E-state index contributed by atoms with van der Waals surface area (Å²) in [6.07, 6.45) is 0. The molecule has 2 aromatic rings. The number of nitrogens with two attached hydrogens (primary N) is 1. The number of hydrogen-bond acceptors (Lipinski definition) is 5. The highest BCUT2D eigenvalue weighted by molar-refractivity contribution is 7.94. The first kappa shape index (κ1) is 12.7. The van der Waals surface area contributed by atoms with Crippen LogP contribution in [0.4, 0.5) is 11.4 Å². The maximum Gasteiger partial charge on any atom is 0.273 e. The molecule has 0 saturated heterocycles. The Balaban J connectivity index is 2.42. The third-order valence-corrected chi connectivity index (χ3v) is 5.62. The second kappa shape index (κ2) is 4.51. The molecule has 96 valence electrons. The zero-order valence-corrected chi connectivity index (χ0v) is 11.2. The molecule has 7 heteroatoms. The third-order valence-electron chi connectivity index (χ3n) is 2.40. The van der Waals surface area contributed by atoms with Crippen LogP contribution in [0, 0.1) is 0 Å². The number of phenols is 1. The topological polar surface area (TPSA) is 83.6 Å². The quantitative estimate of drug-likeness (QED) is 0.901. The summed E-state index contributed by atoms with van der Waals surface area (Å²) in [6.45, 7) is 0. The van der Waals surface area contributed by atoms with Gasteiger partial charge in [0, 0.05) is 24.2 Å². The van der Waals surface area contributed by atoms with Crippen LogP contribution in [-0.4, -0.2) is 20.6 Å². The van der Waals surface area contributed by atoms with Crippen molar-refractivity contribution in [2.75, 3.05) is 17.1 Å². The summed E-state index contributed by atoms with van der Waals surface area (Å²) >= 11 is 1.07. The number of phenolic OH excluding ortho intramolecular Hbond substituents is 1.